The van der Waals surface area contributed by atoms with Gasteiger partial charge in [0.25, 0.3) is 0 Å². The van der Waals surface area contributed by atoms with E-state index in [-0.39, 0.29) is 0 Å². The molecule has 0 bridgehead atoms. The van der Waals surface area contributed by atoms with Crippen LogP contribution < -0.4 is 0 Å². The van der Waals surface area contributed by atoms with Gasteiger partial charge in [-0.2, -0.15) is 0 Å². The quantitative estimate of drug-likeness (QED) is 0.395. The lowest BCUT2D eigenvalue weighted by molar-refractivity contribution is 0.616. The maximum absolute atomic E-state index is 5.60. The van der Waals surface area contributed by atoms with Gasteiger partial charge in [0.1, 0.15) is 5.58 Å². The molecule has 5 rings (SSSR count). The highest BCUT2D eigenvalue weighted by Crippen LogP contribution is 2.36. The van der Waals surface area contributed by atoms with Crippen LogP contribution in [-0.4, -0.2) is 4.57 Å². The summed E-state index contributed by atoms with van der Waals surface area (Å²) in [6.07, 6.45) is 1.76. The number of nitrogens with zero attached hydrogens (tertiary/aromatic N) is 1. The van der Waals surface area contributed by atoms with Gasteiger partial charge in [0.15, 0.2) is 0 Å². The fourth-order valence-electron chi connectivity index (χ4n) is 3.35. The van der Waals surface area contributed by atoms with Gasteiger partial charge in [-0.15, -0.1) is 0 Å². The van der Waals surface area contributed by atoms with Crippen LogP contribution in [0.15, 0.2) is 83.5 Å². The Morgan fingerprint density at radius 2 is 1.45 bits per heavy atom. The highest BCUT2D eigenvalue weighted by molar-refractivity contribution is 6.17. The SMILES string of the molecule is c1ccc(-n2c3ccccc3c3ccc4occc4c32)cc1. The first-order valence-electron chi connectivity index (χ1n) is 7.38. The third-order valence-corrected chi connectivity index (χ3v) is 4.28. The Morgan fingerprint density at radius 3 is 2.36 bits per heavy atom. The highest BCUT2D eigenvalue weighted by Gasteiger charge is 2.15. The van der Waals surface area contributed by atoms with Gasteiger partial charge < -0.3 is 8.98 Å². The van der Waals surface area contributed by atoms with Crippen LogP contribution in [0.25, 0.3) is 38.5 Å². The topological polar surface area (TPSA) is 18.1 Å². The number of fused-ring (bicyclic) bond motifs is 5. The van der Waals surface area contributed by atoms with E-state index in [1.165, 1.54) is 27.5 Å². The molecule has 0 unspecified atom stereocenters. The second-order valence-electron chi connectivity index (χ2n) is 5.48. The average Bonchev–Trinajstić information content (AvgIpc) is 3.17. The predicted molar refractivity (Wildman–Crippen MR) is 90.6 cm³/mol. The molecule has 0 aliphatic heterocycles. The Bertz CT molecular complexity index is 1120. The van der Waals surface area contributed by atoms with Gasteiger partial charge in [-0.1, -0.05) is 36.4 Å². The summed E-state index contributed by atoms with van der Waals surface area (Å²) in [5, 5.41) is 3.68. The van der Waals surface area contributed by atoms with Crippen molar-refractivity contribution in [2.24, 2.45) is 0 Å². The zero-order valence-corrected chi connectivity index (χ0v) is 11.9. The highest BCUT2D eigenvalue weighted by atomic mass is 16.3. The summed E-state index contributed by atoms with van der Waals surface area (Å²) in [4.78, 5) is 0. The van der Waals surface area contributed by atoms with Gasteiger partial charge in [0.05, 0.1) is 17.3 Å². The van der Waals surface area contributed by atoms with E-state index in [9.17, 15) is 0 Å². The van der Waals surface area contributed by atoms with E-state index in [1.54, 1.807) is 6.26 Å². The lowest BCUT2D eigenvalue weighted by Gasteiger charge is -2.07. The zero-order valence-electron chi connectivity index (χ0n) is 11.9. The van der Waals surface area contributed by atoms with Gasteiger partial charge in [-0.05, 0) is 36.4 Å². The van der Waals surface area contributed by atoms with E-state index in [4.69, 9.17) is 4.42 Å². The minimum absolute atomic E-state index is 0.924. The normalized spacial score (nSPS) is 11.6. The van der Waals surface area contributed by atoms with Crippen LogP contribution in [0.3, 0.4) is 0 Å². The number of hydrogen-bond acceptors (Lipinski definition) is 1. The third kappa shape index (κ3) is 1.44. The molecule has 0 amide bonds. The zero-order chi connectivity index (χ0) is 14.5. The number of rotatable bonds is 1. The van der Waals surface area contributed by atoms with E-state index >= 15 is 0 Å². The van der Waals surface area contributed by atoms with Crippen molar-refractivity contribution in [3.63, 3.8) is 0 Å². The first kappa shape index (κ1) is 11.6. The fourth-order valence-corrected chi connectivity index (χ4v) is 3.35. The fraction of sp³-hybridized carbons (Fsp3) is 0. The van der Waals surface area contributed by atoms with E-state index in [0.29, 0.717) is 0 Å². The third-order valence-electron chi connectivity index (χ3n) is 4.28. The smallest absolute Gasteiger partial charge is 0.136 e. The van der Waals surface area contributed by atoms with Crippen LogP contribution in [0.1, 0.15) is 0 Å². The molecular formula is C20H13NO. The summed E-state index contributed by atoms with van der Waals surface area (Å²) < 4.78 is 7.92. The maximum atomic E-state index is 5.60. The number of furan rings is 1. The first-order chi connectivity index (χ1) is 10.9. The van der Waals surface area contributed by atoms with Crippen molar-refractivity contribution in [2.45, 2.75) is 0 Å². The summed E-state index contributed by atoms with van der Waals surface area (Å²) in [6.45, 7) is 0. The maximum Gasteiger partial charge on any atom is 0.136 e. The van der Waals surface area contributed by atoms with E-state index < -0.39 is 0 Å². The minimum Gasteiger partial charge on any atom is -0.464 e. The predicted octanol–water partition coefficient (Wildman–Crippen LogP) is 5.53. The summed E-state index contributed by atoms with van der Waals surface area (Å²) in [5.41, 5.74) is 4.52. The summed E-state index contributed by atoms with van der Waals surface area (Å²) in [5.74, 6) is 0. The van der Waals surface area contributed by atoms with Crippen LogP contribution in [0.5, 0.6) is 0 Å². The van der Waals surface area contributed by atoms with Crippen molar-refractivity contribution in [1.82, 2.24) is 4.57 Å². The Hall–Kier alpha value is -3.00. The largest absolute Gasteiger partial charge is 0.464 e. The summed E-state index contributed by atoms with van der Waals surface area (Å²) in [7, 11) is 0. The monoisotopic (exact) mass is 283 g/mol. The Balaban J connectivity index is 2.10. The number of benzene rings is 3. The van der Waals surface area contributed by atoms with Crippen molar-refractivity contribution >= 4 is 32.8 Å². The van der Waals surface area contributed by atoms with E-state index in [2.05, 4.69) is 71.3 Å². The van der Waals surface area contributed by atoms with Gasteiger partial charge in [-0.25, -0.2) is 0 Å². The molecule has 0 saturated carbocycles. The van der Waals surface area contributed by atoms with Crippen molar-refractivity contribution in [2.75, 3.05) is 0 Å². The van der Waals surface area contributed by atoms with E-state index in [1.807, 2.05) is 6.07 Å². The van der Waals surface area contributed by atoms with Gasteiger partial charge in [-0.3, -0.25) is 0 Å². The number of para-hydroxylation sites is 2. The molecule has 0 saturated heterocycles. The van der Waals surface area contributed by atoms with Crippen molar-refractivity contribution < 1.29 is 4.42 Å². The molecule has 3 aromatic carbocycles. The molecule has 2 aromatic heterocycles. The molecule has 0 spiro atoms. The van der Waals surface area contributed by atoms with Crippen molar-refractivity contribution in [1.29, 1.82) is 0 Å². The molecule has 5 aromatic rings. The average molecular weight is 283 g/mol. The molecule has 104 valence electrons. The number of aromatic nitrogens is 1. The molecule has 22 heavy (non-hydrogen) atoms. The molecular weight excluding hydrogens is 270 g/mol. The number of hydrogen-bond donors (Lipinski definition) is 0. The van der Waals surface area contributed by atoms with Gasteiger partial charge in [0, 0.05) is 21.8 Å². The molecule has 0 fully saturated rings. The van der Waals surface area contributed by atoms with Crippen molar-refractivity contribution in [3.05, 3.63) is 79.1 Å². The second kappa shape index (κ2) is 4.25. The molecule has 0 N–H and O–H groups in total. The minimum atomic E-state index is 0.924. The lowest BCUT2D eigenvalue weighted by Crippen LogP contribution is -1.93. The van der Waals surface area contributed by atoms with E-state index in [0.717, 1.165) is 11.0 Å². The first-order valence-corrected chi connectivity index (χ1v) is 7.38. The lowest BCUT2D eigenvalue weighted by atomic mass is 10.1. The summed E-state index contributed by atoms with van der Waals surface area (Å²) in [6, 6.07) is 25.3. The van der Waals surface area contributed by atoms with Crippen LogP contribution >= 0.6 is 0 Å². The molecule has 0 atom stereocenters. The Kier molecular flexibility index (Phi) is 2.25. The molecule has 2 nitrogen and oxygen atoms in total. The molecule has 2 heterocycles. The molecule has 0 aliphatic carbocycles. The Morgan fingerprint density at radius 1 is 0.636 bits per heavy atom. The Labute approximate surface area is 127 Å². The van der Waals surface area contributed by atoms with Crippen LogP contribution in [0, 0.1) is 0 Å². The summed E-state index contributed by atoms with van der Waals surface area (Å²) >= 11 is 0. The standard InChI is InChI=1S/C20H13NO/c1-2-6-14(7-3-1)21-18-9-5-4-8-15(18)16-10-11-19-17(20(16)21)12-13-22-19/h1-13H. The van der Waals surface area contributed by atoms with Gasteiger partial charge >= 0.3 is 0 Å². The van der Waals surface area contributed by atoms with Crippen molar-refractivity contribution in [3.8, 4) is 5.69 Å². The second-order valence-corrected chi connectivity index (χ2v) is 5.48. The molecule has 2 heteroatoms. The molecule has 0 aliphatic rings. The van der Waals surface area contributed by atoms with Crippen LogP contribution in [-0.2, 0) is 0 Å². The van der Waals surface area contributed by atoms with Crippen LogP contribution in [0.4, 0.5) is 0 Å². The van der Waals surface area contributed by atoms with Crippen LogP contribution in [0.2, 0.25) is 0 Å². The van der Waals surface area contributed by atoms with Gasteiger partial charge in [0.2, 0.25) is 0 Å². The molecule has 0 radical (unpaired) electrons.